The number of nitrogens with one attached hydrogen (secondary N) is 2. The number of esters is 1. The molecule has 270 valence electrons. The van der Waals surface area contributed by atoms with Crippen molar-refractivity contribution < 1.29 is 36.7 Å². The minimum absolute atomic E-state index is 0.0632. The van der Waals surface area contributed by atoms with Gasteiger partial charge in [-0.15, -0.1) is 0 Å². The molecule has 2 amide bonds. The molecule has 0 aliphatic carbocycles. The summed E-state index contributed by atoms with van der Waals surface area (Å²) in [5.41, 5.74) is -0.445. The summed E-state index contributed by atoms with van der Waals surface area (Å²) in [7, 11) is 1.66. The Balaban J connectivity index is 1.37. The summed E-state index contributed by atoms with van der Waals surface area (Å²) in [6.45, 7) is 4.18. The second kappa shape index (κ2) is 13.5. The van der Waals surface area contributed by atoms with E-state index in [1.165, 1.54) is 48.8 Å². The number of hydrogen-bond acceptors (Lipinski definition) is 9. The number of aromatic nitrogens is 7. The normalized spacial score (nSPS) is 14.5. The molecule has 0 saturated heterocycles. The molecule has 52 heavy (non-hydrogen) atoms. The number of pyridine rings is 1. The standard InChI is InChI=1S/C34H32F4N10O4/c1-5-52-32(51)29(48-17-20(14-42-48)34(36,37)38)33(2,3)44-30(49)26(10-18-13-41-46(4)16-18)47-9-8-21-22(6-7-23(35)27(21)31(47)50)28-19(12-39)11-24-25(43-28)15-40-45-24/h6-7,11,13-17,26,29H,5,8-10H2,1-4H3,(H,40,45)(H,44,49). The van der Waals surface area contributed by atoms with Crippen LogP contribution >= 0.6 is 0 Å². The second-order valence-corrected chi connectivity index (χ2v) is 12.8. The smallest absolute Gasteiger partial charge is 0.419 e. The van der Waals surface area contributed by atoms with Gasteiger partial charge in [0.15, 0.2) is 6.04 Å². The van der Waals surface area contributed by atoms with Gasteiger partial charge in [-0.2, -0.15) is 33.7 Å². The fourth-order valence-electron chi connectivity index (χ4n) is 6.47. The van der Waals surface area contributed by atoms with Crippen LogP contribution in [0.25, 0.3) is 22.3 Å². The zero-order valence-electron chi connectivity index (χ0n) is 28.3. The van der Waals surface area contributed by atoms with Gasteiger partial charge in [0.2, 0.25) is 5.91 Å². The molecule has 0 bridgehead atoms. The average Bonchev–Trinajstić information content (AvgIpc) is 3.84. The first kappa shape index (κ1) is 35.7. The van der Waals surface area contributed by atoms with Gasteiger partial charge in [0, 0.05) is 38.0 Å². The molecule has 1 aliphatic rings. The van der Waals surface area contributed by atoms with Crippen LogP contribution in [0, 0.1) is 17.1 Å². The van der Waals surface area contributed by atoms with Crippen molar-refractivity contribution in [2.75, 3.05) is 13.2 Å². The van der Waals surface area contributed by atoms with E-state index in [1.54, 1.807) is 19.3 Å². The monoisotopic (exact) mass is 720 g/mol. The highest BCUT2D eigenvalue weighted by Crippen LogP contribution is 2.36. The molecule has 0 radical (unpaired) electrons. The third-order valence-electron chi connectivity index (χ3n) is 8.84. The van der Waals surface area contributed by atoms with E-state index in [0.717, 1.165) is 10.7 Å². The summed E-state index contributed by atoms with van der Waals surface area (Å²) < 4.78 is 63.6. The molecule has 0 spiro atoms. The Morgan fingerprint density at radius 1 is 1.15 bits per heavy atom. The van der Waals surface area contributed by atoms with E-state index in [4.69, 9.17) is 4.74 Å². The highest BCUT2D eigenvalue weighted by molar-refractivity contribution is 6.02. The molecular formula is C34H32F4N10O4. The summed E-state index contributed by atoms with van der Waals surface area (Å²) in [4.78, 5) is 47.6. The fraction of sp³-hybridized carbons (Fsp3) is 0.353. The highest BCUT2D eigenvalue weighted by atomic mass is 19.4. The Kier molecular flexibility index (Phi) is 9.30. The van der Waals surface area contributed by atoms with Crippen LogP contribution in [-0.2, 0) is 40.4 Å². The molecule has 0 fully saturated rings. The van der Waals surface area contributed by atoms with Crippen LogP contribution in [0.5, 0.6) is 0 Å². The molecule has 1 aromatic carbocycles. The molecule has 2 N–H and O–H groups in total. The molecule has 4 aromatic heterocycles. The lowest BCUT2D eigenvalue weighted by molar-refractivity contribution is -0.151. The number of fused-ring (bicyclic) bond motifs is 2. The number of alkyl halides is 3. The van der Waals surface area contributed by atoms with Crippen molar-refractivity contribution in [3.05, 3.63) is 82.8 Å². The zero-order valence-corrected chi connectivity index (χ0v) is 28.3. The van der Waals surface area contributed by atoms with Gasteiger partial charge in [0.1, 0.15) is 23.4 Å². The summed E-state index contributed by atoms with van der Waals surface area (Å²) in [5, 5.41) is 27.3. The molecule has 18 heteroatoms. The van der Waals surface area contributed by atoms with E-state index < -0.39 is 53.0 Å². The van der Waals surface area contributed by atoms with Gasteiger partial charge < -0.3 is 15.0 Å². The van der Waals surface area contributed by atoms with Crippen LogP contribution in [0.15, 0.2) is 49.2 Å². The lowest BCUT2D eigenvalue weighted by Gasteiger charge is -2.39. The lowest BCUT2D eigenvalue weighted by atomic mass is 9.88. The zero-order chi connectivity index (χ0) is 37.5. The number of nitrogens with zero attached hydrogens (tertiary/aromatic N) is 8. The van der Waals surface area contributed by atoms with Crippen molar-refractivity contribution in [2.45, 2.75) is 57.4 Å². The van der Waals surface area contributed by atoms with Crippen LogP contribution in [0.4, 0.5) is 17.6 Å². The van der Waals surface area contributed by atoms with Crippen molar-refractivity contribution in [2.24, 2.45) is 7.05 Å². The average molecular weight is 721 g/mol. The molecule has 6 rings (SSSR count). The number of benzene rings is 1. The maximum absolute atomic E-state index is 15.7. The fourth-order valence-corrected chi connectivity index (χ4v) is 6.47. The number of rotatable bonds is 10. The van der Waals surface area contributed by atoms with Gasteiger partial charge in [-0.1, -0.05) is 0 Å². The van der Waals surface area contributed by atoms with Gasteiger partial charge in [0.25, 0.3) is 5.91 Å². The second-order valence-electron chi connectivity index (χ2n) is 12.8. The maximum Gasteiger partial charge on any atom is 0.419 e. The summed E-state index contributed by atoms with van der Waals surface area (Å²) in [6, 6.07) is 3.34. The van der Waals surface area contributed by atoms with Crippen molar-refractivity contribution in [1.82, 2.24) is 45.0 Å². The van der Waals surface area contributed by atoms with Crippen LogP contribution in [-0.4, -0.2) is 82.2 Å². The number of nitriles is 1. The molecule has 5 aromatic rings. The van der Waals surface area contributed by atoms with E-state index in [-0.39, 0.29) is 42.8 Å². The largest absolute Gasteiger partial charge is 0.464 e. The minimum atomic E-state index is -4.75. The molecule has 2 unspecified atom stereocenters. The van der Waals surface area contributed by atoms with Gasteiger partial charge in [0.05, 0.1) is 58.6 Å². The predicted molar refractivity (Wildman–Crippen MR) is 175 cm³/mol. The number of aromatic amines is 1. The topological polar surface area (TPSA) is 177 Å². The molecule has 14 nitrogen and oxygen atoms in total. The van der Waals surface area contributed by atoms with Gasteiger partial charge in [-0.05, 0) is 56.5 Å². The summed E-state index contributed by atoms with van der Waals surface area (Å²) >= 11 is 0. The maximum atomic E-state index is 15.7. The Labute approximate surface area is 293 Å². The lowest BCUT2D eigenvalue weighted by Crippen LogP contribution is -2.60. The molecule has 1 aliphatic heterocycles. The first-order valence-electron chi connectivity index (χ1n) is 16.1. The van der Waals surface area contributed by atoms with Gasteiger partial charge >= 0.3 is 12.1 Å². The minimum Gasteiger partial charge on any atom is -0.464 e. The molecule has 5 heterocycles. The number of halogens is 4. The number of hydrogen-bond donors (Lipinski definition) is 2. The Morgan fingerprint density at radius 3 is 2.58 bits per heavy atom. The van der Waals surface area contributed by atoms with E-state index >= 15 is 4.39 Å². The van der Waals surface area contributed by atoms with Crippen molar-refractivity contribution >= 4 is 28.8 Å². The van der Waals surface area contributed by atoms with E-state index in [0.29, 0.717) is 40.1 Å². The molecule has 2 atom stereocenters. The highest BCUT2D eigenvalue weighted by Gasteiger charge is 2.45. The first-order chi connectivity index (χ1) is 24.6. The summed E-state index contributed by atoms with van der Waals surface area (Å²) in [6.07, 6.45) is 1.05. The SMILES string of the molecule is CCOC(=O)C(n1cc(C(F)(F)F)cn1)C(C)(C)NC(=O)C(Cc1cnn(C)c1)N1CCc2c(-c3nc4cn[nH]c4cc3C#N)ccc(F)c2C1=O. The number of H-pyrrole nitrogens is 1. The van der Waals surface area contributed by atoms with Crippen molar-refractivity contribution in [3.63, 3.8) is 0 Å². The number of ether oxygens (including phenoxy) is 1. The van der Waals surface area contributed by atoms with Crippen LogP contribution in [0.3, 0.4) is 0 Å². The Bertz CT molecular complexity index is 2230. The van der Waals surface area contributed by atoms with Crippen molar-refractivity contribution in [1.29, 1.82) is 5.26 Å². The summed E-state index contributed by atoms with van der Waals surface area (Å²) in [5.74, 6) is -3.39. The Hall–Kier alpha value is -6.12. The van der Waals surface area contributed by atoms with Crippen LogP contribution in [0.1, 0.15) is 59.4 Å². The molecule has 0 saturated carbocycles. The number of carbonyl (C=O) groups excluding carboxylic acids is 3. The van der Waals surface area contributed by atoms with Gasteiger partial charge in [-0.3, -0.25) is 24.1 Å². The van der Waals surface area contributed by atoms with E-state index in [9.17, 15) is 32.8 Å². The predicted octanol–water partition coefficient (Wildman–Crippen LogP) is 3.89. The van der Waals surface area contributed by atoms with Gasteiger partial charge in [-0.25, -0.2) is 14.2 Å². The third-order valence-corrected chi connectivity index (χ3v) is 8.84. The van der Waals surface area contributed by atoms with Crippen molar-refractivity contribution in [3.8, 4) is 17.3 Å². The van der Waals surface area contributed by atoms with Crippen LogP contribution in [0.2, 0.25) is 0 Å². The number of carbonyl (C=O) groups is 3. The quantitative estimate of drug-likeness (QED) is 0.160. The van der Waals surface area contributed by atoms with Crippen LogP contribution < -0.4 is 5.32 Å². The number of amides is 2. The Morgan fingerprint density at radius 2 is 1.92 bits per heavy atom. The third kappa shape index (κ3) is 6.68. The van der Waals surface area contributed by atoms with E-state index in [2.05, 4.69) is 36.8 Å². The van der Waals surface area contributed by atoms with E-state index in [1.807, 2.05) is 0 Å². The molecular weight excluding hydrogens is 688 g/mol. The first-order valence-corrected chi connectivity index (χ1v) is 16.1. The number of aryl methyl sites for hydroxylation is 1.